The van der Waals surface area contributed by atoms with Crippen LogP contribution >= 0.6 is 0 Å². The maximum absolute atomic E-state index is 2.29. The van der Waals surface area contributed by atoms with Gasteiger partial charge in [0.25, 0.3) is 0 Å². The minimum absolute atomic E-state index is 1.27. The van der Waals surface area contributed by atoms with E-state index < -0.39 is 0 Å². The zero-order chi connectivity index (χ0) is 5.82. The predicted octanol–water partition coefficient (Wildman–Crippen LogP) is 2.71. The molecule has 0 aromatic heterocycles. The van der Waals surface area contributed by atoms with Crippen LogP contribution in [-0.2, 0) is 0 Å². The highest BCUT2D eigenvalue weighted by molar-refractivity contribution is 4.96. The van der Waals surface area contributed by atoms with E-state index in [4.69, 9.17) is 0 Å². The summed E-state index contributed by atoms with van der Waals surface area (Å²) in [4.78, 5) is 0. The smallest absolute Gasteiger partial charge is 0.0266 e. The largest absolute Gasteiger partial charge is 0.0885 e. The van der Waals surface area contributed by atoms with Crippen LogP contribution in [0.2, 0.25) is 0 Å². The lowest BCUT2D eigenvalue weighted by Crippen LogP contribution is -1.86. The normalized spacial score (nSPS) is 23.1. The summed E-state index contributed by atoms with van der Waals surface area (Å²) in [6.45, 7) is 2.26. The molecule has 0 aliphatic heterocycles. The highest BCUT2D eigenvalue weighted by Gasteiger charge is 2.01. The van der Waals surface area contributed by atoms with Crippen LogP contribution in [-0.4, -0.2) is 0 Å². The van der Waals surface area contributed by atoms with E-state index in [1.807, 2.05) is 0 Å². The molecule has 1 aliphatic carbocycles. The van der Waals surface area contributed by atoms with Gasteiger partial charge < -0.3 is 0 Å². The summed E-state index contributed by atoms with van der Waals surface area (Å²) in [5.41, 5.74) is 0. The molecule has 0 N–H and O–H groups in total. The molecule has 8 heavy (non-hydrogen) atoms. The van der Waals surface area contributed by atoms with Gasteiger partial charge in [-0.1, -0.05) is 19.1 Å². The van der Waals surface area contributed by atoms with Crippen LogP contribution in [0.5, 0.6) is 0 Å². The molecule has 0 heterocycles. The van der Waals surface area contributed by atoms with E-state index in [-0.39, 0.29) is 0 Å². The Balaban J connectivity index is 2.28. The molecule has 1 radical (unpaired) electrons. The van der Waals surface area contributed by atoms with Crippen LogP contribution in [0.15, 0.2) is 12.2 Å². The second-order valence-electron chi connectivity index (χ2n) is 2.51. The van der Waals surface area contributed by atoms with Gasteiger partial charge in [-0.05, 0) is 31.6 Å². The molecule has 0 aromatic rings. The number of hydrogen-bond acceptors (Lipinski definition) is 0. The van der Waals surface area contributed by atoms with Crippen molar-refractivity contribution in [2.24, 2.45) is 0 Å². The van der Waals surface area contributed by atoms with E-state index in [0.717, 1.165) is 0 Å². The summed E-state index contributed by atoms with van der Waals surface area (Å²) < 4.78 is 0. The molecule has 0 aromatic carbocycles. The van der Waals surface area contributed by atoms with Crippen LogP contribution in [0.25, 0.3) is 0 Å². The molecule has 0 amide bonds. The summed E-state index contributed by atoms with van der Waals surface area (Å²) >= 11 is 0. The lowest BCUT2D eigenvalue weighted by atomic mass is 10.0. The highest BCUT2D eigenvalue weighted by atomic mass is 14.1. The SMILES string of the molecule is C[C]1CCC=CCC1. The number of rotatable bonds is 0. The zero-order valence-electron chi connectivity index (χ0n) is 5.48. The Labute approximate surface area is 51.6 Å². The molecule has 0 heteroatoms. The lowest BCUT2D eigenvalue weighted by molar-refractivity contribution is 0.764. The van der Waals surface area contributed by atoms with Crippen molar-refractivity contribution in [2.45, 2.75) is 32.6 Å². The van der Waals surface area contributed by atoms with Crippen LogP contribution in [0, 0.1) is 5.92 Å². The van der Waals surface area contributed by atoms with Crippen molar-refractivity contribution in [1.82, 2.24) is 0 Å². The molecule has 0 unspecified atom stereocenters. The Hall–Kier alpha value is -0.260. The summed E-state index contributed by atoms with van der Waals surface area (Å²) in [5.74, 6) is 1.66. The Morgan fingerprint density at radius 3 is 2.12 bits per heavy atom. The molecule has 0 fully saturated rings. The lowest BCUT2D eigenvalue weighted by Gasteiger charge is -2.02. The molecule has 0 bridgehead atoms. The van der Waals surface area contributed by atoms with Gasteiger partial charge in [-0.3, -0.25) is 0 Å². The van der Waals surface area contributed by atoms with Gasteiger partial charge >= 0.3 is 0 Å². The summed E-state index contributed by atoms with van der Waals surface area (Å²) in [7, 11) is 0. The third-order valence-corrected chi connectivity index (χ3v) is 1.64. The fraction of sp³-hybridized carbons (Fsp3) is 0.625. The predicted molar refractivity (Wildman–Crippen MR) is 36.5 cm³/mol. The van der Waals surface area contributed by atoms with Crippen molar-refractivity contribution >= 4 is 0 Å². The van der Waals surface area contributed by atoms with Crippen LogP contribution in [0.1, 0.15) is 32.6 Å². The molecule has 0 saturated carbocycles. The minimum atomic E-state index is 1.27. The monoisotopic (exact) mass is 109 g/mol. The molecule has 1 aliphatic rings. The second-order valence-corrected chi connectivity index (χ2v) is 2.51. The quantitative estimate of drug-likeness (QED) is 0.419. The minimum Gasteiger partial charge on any atom is -0.0885 e. The van der Waals surface area contributed by atoms with E-state index in [2.05, 4.69) is 19.1 Å². The Kier molecular flexibility index (Phi) is 2.13. The molecular weight excluding hydrogens is 96.1 g/mol. The van der Waals surface area contributed by atoms with E-state index >= 15 is 0 Å². The fourth-order valence-electron chi connectivity index (χ4n) is 1.02. The topological polar surface area (TPSA) is 0 Å². The van der Waals surface area contributed by atoms with Gasteiger partial charge in [0.1, 0.15) is 0 Å². The molecule has 0 nitrogen and oxygen atoms in total. The summed E-state index contributed by atoms with van der Waals surface area (Å²) in [6, 6.07) is 0. The van der Waals surface area contributed by atoms with E-state index in [1.54, 1.807) is 5.92 Å². The molecule has 0 atom stereocenters. The molecule has 0 spiro atoms. The van der Waals surface area contributed by atoms with E-state index in [0.29, 0.717) is 0 Å². The maximum atomic E-state index is 2.29. The van der Waals surface area contributed by atoms with Gasteiger partial charge in [0, 0.05) is 0 Å². The zero-order valence-corrected chi connectivity index (χ0v) is 5.48. The first-order chi connectivity index (χ1) is 3.89. The third-order valence-electron chi connectivity index (χ3n) is 1.64. The summed E-state index contributed by atoms with van der Waals surface area (Å²) in [5, 5.41) is 0. The van der Waals surface area contributed by atoms with Crippen molar-refractivity contribution in [3.05, 3.63) is 18.1 Å². The first-order valence-electron chi connectivity index (χ1n) is 3.36. The average Bonchev–Trinajstić information content (AvgIpc) is 1.94. The van der Waals surface area contributed by atoms with Crippen molar-refractivity contribution in [3.63, 3.8) is 0 Å². The Morgan fingerprint density at radius 1 is 1.12 bits per heavy atom. The number of hydrogen-bond donors (Lipinski definition) is 0. The summed E-state index contributed by atoms with van der Waals surface area (Å²) in [6.07, 6.45) is 9.75. The Bertz CT molecular complexity index is 72.0. The third kappa shape index (κ3) is 1.69. The maximum Gasteiger partial charge on any atom is -0.0266 e. The van der Waals surface area contributed by atoms with Crippen LogP contribution < -0.4 is 0 Å². The molecule has 45 valence electrons. The van der Waals surface area contributed by atoms with Crippen LogP contribution in [0.4, 0.5) is 0 Å². The first-order valence-corrected chi connectivity index (χ1v) is 3.36. The standard InChI is InChI=1S/C8H13/c1-8-6-4-2-3-5-7-8/h2-3H,4-7H2,1H3. The van der Waals surface area contributed by atoms with Crippen molar-refractivity contribution in [1.29, 1.82) is 0 Å². The molecule has 1 rings (SSSR count). The van der Waals surface area contributed by atoms with Gasteiger partial charge in [0.15, 0.2) is 0 Å². The van der Waals surface area contributed by atoms with Crippen molar-refractivity contribution in [2.75, 3.05) is 0 Å². The highest BCUT2D eigenvalue weighted by Crippen LogP contribution is 2.18. The van der Waals surface area contributed by atoms with E-state index in [9.17, 15) is 0 Å². The Morgan fingerprint density at radius 2 is 1.62 bits per heavy atom. The molecule has 0 saturated heterocycles. The van der Waals surface area contributed by atoms with Crippen molar-refractivity contribution < 1.29 is 0 Å². The van der Waals surface area contributed by atoms with Gasteiger partial charge in [-0.2, -0.15) is 0 Å². The number of allylic oxidation sites excluding steroid dienone is 2. The van der Waals surface area contributed by atoms with Gasteiger partial charge in [0.2, 0.25) is 0 Å². The van der Waals surface area contributed by atoms with Gasteiger partial charge in [-0.25, -0.2) is 0 Å². The van der Waals surface area contributed by atoms with E-state index in [1.165, 1.54) is 25.7 Å². The molecular formula is C8H13. The van der Waals surface area contributed by atoms with Gasteiger partial charge in [-0.15, -0.1) is 0 Å². The van der Waals surface area contributed by atoms with Gasteiger partial charge in [0.05, 0.1) is 0 Å². The fourth-order valence-corrected chi connectivity index (χ4v) is 1.02. The first kappa shape index (κ1) is 5.87. The van der Waals surface area contributed by atoms with Crippen LogP contribution in [0.3, 0.4) is 0 Å². The average molecular weight is 109 g/mol. The second kappa shape index (κ2) is 2.91. The van der Waals surface area contributed by atoms with Crippen molar-refractivity contribution in [3.8, 4) is 0 Å².